The van der Waals surface area contributed by atoms with Gasteiger partial charge in [-0.15, -0.1) is 0 Å². The second-order valence-corrected chi connectivity index (χ2v) is 5.33. The predicted molar refractivity (Wildman–Crippen MR) is 57.4 cm³/mol. The van der Waals surface area contributed by atoms with E-state index in [1.54, 1.807) is 0 Å². The fourth-order valence-corrected chi connectivity index (χ4v) is 2.46. The van der Waals surface area contributed by atoms with Crippen molar-refractivity contribution in [2.75, 3.05) is 39.4 Å². The van der Waals surface area contributed by atoms with E-state index in [0.29, 0.717) is 11.5 Å². The molecule has 0 amide bonds. The Kier molecular flexibility index (Phi) is 3.10. The molecule has 14 heavy (non-hydrogen) atoms. The van der Waals surface area contributed by atoms with Crippen molar-refractivity contribution in [3.63, 3.8) is 0 Å². The molecule has 2 rings (SSSR count). The van der Waals surface area contributed by atoms with Crippen LogP contribution in [0.1, 0.15) is 20.3 Å². The fourth-order valence-electron chi connectivity index (χ4n) is 2.46. The number of ether oxygens (including phenoxy) is 1. The molecular formula is C11H22N2O. The molecule has 0 radical (unpaired) electrons. The molecule has 0 spiro atoms. The first-order chi connectivity index (χ1) is 6.67. The van der Waals surface area contributed by atoms with Crippen molar-refractivity contribution in [2.24, 2.45) is 5.41 Å². The van der Waals surface area contributed by atoms with E-state index < -0.39 is 0 Å². The molecule has 0 aromatic carbocycles. The van der Waals surface area contributed by atoms with Crippen LogP contribution in [0.4, 0.5) is 0 Å². The predicted octanol–water partition coefficient (Wildman–Crippen LogP) is 0.707. The second kappa shape index (κ2) is 4.17. The van der Waals surface area contributed by atoms with Crippen molar-refractivity contribution in [3.8, 4) is 0 Å². The van der Waals surface area contributed by atoms with Crippen molar-refractivity contribution >= 4 is 0 Å². The van der Waals surface area contributed by atoms with Gasteiger partial charge in [-0.05, 0) is 11.8 Å². The van der Waals surface area contributed by atoms with E-state index in [0.717, 1.165) is 26.3 Å². The van der Waals surface area contributed by atoms with E-state index in [1.807, 2.05) is 0 Å². The van der Waals surface area contributed by atoms with Gasteiger partial charge in [-0.25, -0.2) is 0 Å². The summed E-state index contributed by atoms with van der Waals surface area (Å²) in [5, 5.41) is 3.51. The van der Waals surface area contributed by atoms with Gasteiger partial charge in [0.15, 0.2) is 0 Å². The molecule has 1 N–H and O–H groups in total. The molecular weight excluding hydrogens is 176 g/mol. The largest absolute Gasteiger partial charge is 0.380 e. The summed E-state index contributed by atoms with van der Waals surface area (Å²) in [4.78, 5) is 2.60. The highest BCUT2D eigenvalue weighted by Gasteiger charge is 2.30. The van der Waals surface area contributed by atoms with E-state index in [-0.39, 0.29) is 0 Å². The third-order valence-corrected chi connectivity index (χ3v) is 3.23. The van der Waals surface area contributed by atoms with E-state index in [2.05, 4.69) is 24.1 Å². The van der Waals surface area contributed by atoms with Crippen LogP contribution in [-0.2, 0) is 4.74 Å². The van der Waals surface area contributed by atoms with Crippen molar-refractivity contribution in [2.45, 2.75) is 26.3 Å². The lowest BCUT2D eigenvalue weighted by Crippen LogP contribution is -2.42. The Balaban J connectivity index is 1.95. The first kappa shape index (κ1) is 10.4. The average molecular weight is 198 g/mol. The number of nitrogens with one attached hydrogen (secondary N) is 1. The third kappa shape index (κ3) is 2.47. The Labute approximate surface area is 86.8 Å². The molecule has 2 fully saturated rings. The van der Waals surface area contributed by atoms with Gasteiger partial charge in [0.2, 0.25) is 0 Å². The van der Waals surface area contributed by atoms with Gasteiger partial charge in [0.25, 0.3) is 0 Å². The molecule has 0 bridgehead atoms. The minimum absolute atomic E-state index is 0.402. The molecule has 1 unspecified atom stereocenters. The monoisotopic (exact) mass is 198 g/mol. The Morgan fingerprint density at radius 1 is 1.43 bits per heavy atom. The summed E-state index contributed by atoms with van der Waals surface area (Å²) in [5.74, 6) is 0. The molecule has 0 aromatic rings. The topological polar surface area (TPSA) is 24.5 Å². The quantitative estimate of drug-likeness (QED) is 0.671. The van der Waals surface area contributed by atoms with Crippen LogP contribution in [0.5, 0.6) is 0 Å². The Morgan fingerprint density at radius 2 is 2.29 bits per heavy atom. The van der Waals surface area contributed by atoms with Crippen LogP contribution in [-0.4, -0.2) is 50.3 Å². The minimum atomic E-state index is 0.402. The molecule has 3 nitrogen and oxygen atoms in total. The zero-order valence-corrected chi connectivity index (χ0v) is 9.38. The molecule has 3 heteroatoms. The highest BCUT2D eigenvalue weighted by atomic mass is 16.5. The summed E-state index contributed by atoms with van der Waals surface area (Å²) in [7, 11) is 0. The van der Waals surface area contributed by atoms with Crippen molar-refractivity contribution in [3.05, 3.63) is 0 Å². The van der Waals surface area contributed by atoms with Crippen LogP contribution in [0, 0.1) is 5.41 Å². The van der Waals surface area contributed by atoms with Gasteiger partial charge >= 0.3 is 0 Å². The molecule has 2 aliphatic heterocycles. The van der Waals surface area contributed by atoms with Crippen LogP contribution < -0.4 is 5.32 Å². The summed E-state index contributed by atoms with van der Waals surface area (Å²) >= 11 is 0. The number of rotatable bonds is 1. The number of hydrogen-bond acceptors (Lipinski definition) is 3. The van der Waals surface area contributed by atoms with Crippen molar-refractivity contribution in [1.29, 1.82) is 0 Å². The normalized spacial score (nSPS) is 34.3. The molecule has 0 aromatic heterocycles. The van der Waals surface area contributed by atoms with Crippen molar-refractivity contribution in [1.82, 2.24) is 10.2 Å². The SMILES string of the molecule is CC1(C)CNCCN(C2CCOC2)C1. The molecule has 2 saturated heterocycles. The van der Waals surface area contributed by atoms with Crippen LogP contribution in [0.25, 0.3) is 0 Å². The van der Waals surface area contributed by atoms with Gasteiger partial charge in [-0.1, -0.05) is 13.8 Å². The van der Waals surface area contributed by atoms with Crippen LogP contribution >= 0.6 is 0 Å². The zero-order chi connectivity index (χ0) is 10.0. The fraction of sp³-hybridized carbons (Fsp3) is 1.00. The van der Waals surface area contributed by atoms with E-state index >= 15 is 0 Å². The van der Waals surface area contributed by atoms with Gasteiger partial charge in [-0.3, -0.25) is 4.90 Å². The van der Waals surface area contributed by atoms with Crippen molar-refractivity contribution < 1.29 is 4.74 Å². The third-order valence-electron chi connectivity index (χ3n) is 3.23. The number of hydrogen-bond donors (Lipinski definition) is 1. The van der Waals surface area contributed by atoms with Gasteiger partial charge < -0.3 is 10.1 Å². The second-order valence-electron chi connectivity index (χ2n) is 5.33. The summed E-state index contributed by atoms with van der Waals surface area (Å²) in [5.41, 5.74) is 0.402. The van der Waals surface area contributed by atoms with E-state index in [9.17, 15) is 0 Å². The Hall–Kier alpha value is -0.120. The Morgan fingerprint density at radius 3 is 3.00 bits per heavy atom. The lowest BCUT2D eigenvalue weighted by molar-refractivity contribution is 0.123. The number of nitrogens with zero attached hydrogens (tertiary/aromatic N) is 1. The molecule has 1 atom stereocenters. The summed E-state index contributed by atoms with van der Waals surface area (Å²) in [6.45, 7) is 11.2. The smallest absolute Gasteiger partial charge is 0.0622 e. The minimum Gasteiger partial charge on any atom is -0.380 e. The maximum Gasteiger partial charge on any atom is 0.0622 e. The van der Waals surface area contributed by atoms with Gasteiger partial charge in [0.1, 0.15) is 0 Å². The molecule has 0 aliphatic carbocycles. The highest BCUT2D eigenvalue weighted by molar-refractivity contribution is 4.85. The Bertz CT molecular complexity index is 188. The zero-order valence-electron chi connectivity index (χ0n) is 9.38. The lowest BCUT2D eigenvalue weighted by Gasteiger charge is -2.32. The van der Waals surface area contributed by atoms with Crippen LogP contribution in [0.3, 0.4) is 0 Å². The van der Waals surface area contributed by atoms with Crippen LogP contribution in [0.2, 0.25) is 0 Å². The average Bonchev–Trinajstić information content (AvgIpc) is 2.57. The lowest BCUT2D eigenvalue weighted by atomic mass is 9.92. The van der Waals surface area contributed by atoms with E-state index in [1.165, 1.54) is 19.5 Å². The van der Waals surface area contributed by atoms with Crippen LogP contribution in [0.15, 0.2) is 0 Å². The first-order valence-electron chi connectivity index (χ1n) is 5.70. The van der Waals surface area contributed by atoms with Gasteiger partial charge in [0, 0.05) is 38.8 Å². The summed E-state index contributed by atoms with van der Waals surface area (Å²) in [6, 6.07) is 0.675. The highest BCUT2D eigenvalue weighted by Crippen LogP contribution is 2.22. The maximum absolute atomic E-state index is 5.46. The molecule has 2 heterocycles. The maximum atomic E-state index is 5.46. The molecule has 2 aliphatic rings. The summed E-state index contributed by atoms with van der Waals surface area (Å²) in [6.07, 6.45) is 1.22. The molecule has 0 saturated carbocycles. The first-order valence-corrected chi connectivity index (χ1v) is 5.70. The van der Waals surface area contributed by atoms with Gasteiger partial charge in [-0.2, -0.15) is 0 Å². The molecule has 82 valence electrons. The standard InChI is InChI=1S/C11H22N2O/c1-11(2)8-12-4-5-13(9-11)10-3-6-14-7-10/h10,12H,3-9H2,1-2H3. The van der Waals surface area contributed by atoms with Gasteiger partial charge in [0.05, 0.1) is 6.61 Å². The summed E-state index contributed by atoms with van der Waals surface area (Å²) < 4.78 is 5.46. The van der Waals surface area contributed by atoms with E-state index in [4.69, 9.17) is 4.74 Å².